The molecule has 1 aromatic carbocycles. The number of benzene rings is 1. The molecule has 0 bridgehead atoms. The second kappa shape index (κ2) is 7.10. The summed E-state index contributed by atoms with van der Waals surface area (Å²) in [6.45, 7) is 1.48. The number of carbonyl (C=O) groups excluding carboxylic acids is 1. The van der Waals surface area contributed by atoms with Gasteiger partial charge in [0.25, 0.3) is 5.91 Å². The molecule has 1 amide bonds. The number of hydrogen-bond donors (Lipinski definition) is 1. The second-order valence-corrected chi connectivity index (χ2v) is 6.82. The first-order valence-corrected chi connectivity index (χ1v) is 8.61. The molecule has 1 N–H and O–H groups in total. The van der Waals surface area contributed by atoms with Gasteiger partial charge in [-0.3, -0.25) is 9.10 Å². The third-order valence-corrected chi connectivity index (χ3v) is 4.04. The summed E-state index contributed by atoms with van der Waals surface area (Å²) in [5, 5.41) is 3.72. The fourth-order valence-corrected chi connectivity index (χ4v) is 2.73. The van der Waals surface area contributed by atoms with Gasteiger partial charge in [-0.25, -0.2) is 13.8 Å². The van der Waals surface area contributed by atoms with Crippen LogP contribution in [-0.4, -0.2) is 33.3 Å². The zero-order valence-electron chi connectivity index (χ0n) is 12.8. The summed E-state index contributed by atoms with van der Waals surface area (Å²) in [6.07, 6.45) is 3.86. The molecule has 0 radical (unpaired) electrons. The summed E-state index contributed by atoms with van der Waals surface area (Å²) in [6, 6.07) is 10.3. The average Bonchev–Trinajstić information content (AvgIpc) is 2.97. The maximum atomic E-state index is 11.9. The van der Waals surface area contributed by atoms with E-state index in [4.69, 9.17) is 4.42 Å². The van der Waals surface area contributed by atoms with Crippen LogP contribution in [0.4, 0.5) is 5.69 Å². The van der Waals surface area contributed by atoms with Crippen LogP contribution in [0.15, 0.2) is 52.2 Å². The van der Waals surface area contributed by atoms with Gasteiger partial charge in [-0.15, -0.1) is 0 Å². The highest BCUT2D eigenvalue weighted by Crippen LogP contribution is 2.18. The normalized spacial score (nSPS) is 11.6. The predicted octanol–water partition coefficient (Wildman–Crippen LogP) is 1.50. The third-order valence-electron chi connectivity index (χ3n) is 2.90. The number of amides is 1. The Morgan fingerprint density at radius 1 is 1.35 bits per heavy atom. The van der Waals surface area contributed by atoms with Crippen molar-refractivity contribution in [2.45, 2.75) is 6.92 Å². The van der Waals surface area contributed by atoms with Crippen molar-refractivity contribution in [2.75, 3.05) is 17.1 Å². The molecule has 122 valence electrons. The Kier molecular flexibility index (Phi) is 5.17. The number of carbonyl (C=O) groups is 1. The van der Waals surface area contributed by atoms with E-state index in [0.717, 1.165) is 16.1 Å². The van der Waals surface area contributed by atoms with Crippen LogP contribution in [0.3, 0.4) is 0 Å². The largest absolute Gasteiger partial charge is 0.463 e. The molecule has 7 nitrogen and oxygen atoms in total. The van der Waals surface area contributed by atoms with E-state index in [1.807, 2.05) is 13.0 Å². The van der Waals surface area contributed by atoms with Crippen LogP contribution in [0.5, 0.6) is 0 Å². The lowest BCUT2D eigenvalue weighted by Gasteiger charge is -2.21. The van der Waals surface area contributed by atoms with Gasteiger partial charge in [0.05, 0.1) is 24.4 Å². The highest BCUT2D eigenvalue weighted by Gasteiger charge is 2.20. The molecule has 0 atom stereocenters. The lowest BCUT2D eigenvalue weighted by Crippen LogP contribution is -2.39. The lowest BCUT2D eigenvalue weighted by molar-refractivity contribution is -0.119. The molecule has 0 fully saturated rings. The number of aryl methyl sites for hydroxylation is 1. The number of hydrogen-bond acceptors (Lipinski definition) is 5. The fourth-order valence-electron chi connectivity index (χ4n) is 1.88. The van der Waals surface area contributed by atoms with Crippen LogP contribution in [0.25, 0.3) is 0 Å². The second-order valence-electron chi connectivity index (χ2n) is 4.92. The summed E-state index contributed by atoms with van der Waals surface area (Å²) >= 11 is 0. The molecule has 0 spiro atoms. The molecule has 2 rings (SSSR count). The minimum absolute atomic E-state index is 0.363. The van der Waals surface area contributed by atoms with Crippen molar-refractivity contribution in [1.29, 1.82) is 0 Å². The van der Waals surface area contributed by atoms with E-state index in [9.17, 15) is 13.2 Å². The molecular weight excluding hydrogens is 318 g/mol. The molecule has 0 saturated heterocycles. The van der Waals surface area contributed by atoms with Gasteiger partial charge in [0.2, 0.25) is 10.0 Å². The van der Waals surface area contributed by atoms with Gasteiger partial charge < -0.3 is 4.42 Å². The lowest BCUT2D eigenvalue weighted by atomic mass is 10.2. The van der Waals surface area contributed by atoms with Crippen molar-refractivity contribution in [1.82, 2.24) is 5.43 Å². The SMILES string of the molecule is Cc1cccc(N(CC(=O)N/N=C\c2ccco2)S(C)(=O)=O)c1. The van der Waals surface area contributed by atoms with Crippen molar-refractivity contribution in [3.05, 3.63) is 54.0 Å². The Hall–Kier alpha value is -2.61. The van der Waals surface area contributed by atoms with Crippen molar-refractivity contribution >= 4 is 27.8 Å². The van der Waals surface area contributed by atoms with Gasteiger partial charge >= 0.3 is 0 Å². The zero-order valence-corrected chi connectivity index (χ0v) is 13.6. The van der Waals surface area contributed by atoms with Gasteiger partial charge in [-0.05, 0) is 36.8 Å². The Balaban J connectivity index is 2.08. The number of sulfonamides is 1. The van der Waals surface area contributed by atoms with Crippen LogP contribution in [0, 0.1) is 6.92 Å². The van der Waals surface area contributed by atoms with E-state index in [2.05, 4.69) is 10.5 Å². The summed E-state index contributed by atoms with van der Waals surface area (Å²) in [5.74, 6) is -0.0799. The van der Waals surface area contributed by atoms with Crippen LogP contribution in [0.1, 0.15) is 11.3 Å². The number of hydrazone groups is 1. The molecule has 0 saturated carbocycles. The van der Waals surface area contributed by atoms with Crippen molar-refractivity contribution in [3.8, 4) is 0 Å². The maximum absolute atomic E-state index is 11.9. The monoisotopic (exact) mass is 335 g/mol. The van der Waals surface area contributed by atoms with Gasteiger partial charge in [0, 0.05) is 0 Å². The molecule has 1 aromatic heterocycles. The number of furan rings is 1. The van der Waals surface area contributed by atoms with Crippen LogP contribution < -0.4 is 9.73 Å². The molecule has 0 aliphatic rings. The van der Waals surface area contributed by atoms with Crippen molar-refractivity contribution < 1.29 is 17.6 Å². The molecule has 23 heavy (non-hydrogen) atoms. The fraction of sp³-hybridized carbons (Fsp3) is 0.200. The summed E-state index contributed by atoms with van der Waals surface area (Å²) in [7, 11) is -3.60. The smallest absolute Gasteiger partial charge is 0.260 e. The highest BCUT2D eigenvalue weighted by atomic mass is 32.2. The zero-order chi connectivity index (χ0) is 16.9. The molecule has 8 heteroatoms. The molecular formula is C15H17N3O4S. The molecule has 1 heterocycles. The molecule has 0 aliphatic heterocycles. The number of anilines is 1. The van der Waals surface area contributed by atoms with Crippen molar-refractivity contribution in [3.63, 3.8) is 0 Å². The van der Waals surface area contributed by atoms with E-state index >= 15 is 0 Å². The number of rotatable bonds is 6. The summed E-state index contributed by atoms with van der Waals surface area (Å²) in [5.41, 5.74) is 3.60. The van der Waals surface area contributed by atoms with Gasteiger partial charge in [-0.2, -0.15) is 5.10 Å². The number of nitrogens with zero attached hydrogens (tertiary/aromatic N) is 2. The molecule has 2 aromatic rings. The Labute approximate surface area is 134 Å². The molecule has 0 unspecified atom stereocenters. The molecule has 0 aliphatic carbocycles. The number of nitrogens with one attached hydrogen (secondary N) is 1. The van der Waals surface area contributed by atoms with Gasteiger partial charge in [0.15, 0.2) is 0 Å². The van der Waals surface area contributed by atoms with Crippen molar-refractivity contribution in [2.24, 2.45) is 5.10 Å². The summed E-state index contributed by atoms with van der Waals surface area (Å²) in [4.78, 5) is 11.9. The van der Waals surface area contributed by atoms with Crippen LogP contribution >= 0.6 is 0 Å². The van der Waals surface area contributed by atoms with Crippen LogP contribution in [0.2, 0.25) is 0 Å². The van der Waals surface area contributed by atoms with E-state index in [1.54, 1.807) is 30.3 Å². The minimum Gasteiger partial charge on any atom is -0.463 e. The van der Waals surface area contributed by atoms with Gasteiger partial charge in [0.1, 0.15) is 12.3 Å². The van der Waals surface area contributed by atoms with E-state index in [0.29, 0.717) is 11.4 Å². The average molecular weight is 335 g/mol. The van der Waals surface area contributed by atoms with E-state index in [-0.39, 0.29) is 6.54 Å². The van der Waals surface area contributed by atoms with Gasteiger partial charge in [-0.1, -0.05) is 12.1 Å². The van der Waals surface area contributed by atoms with Crippen LogP contribution in [-0.2, 0) is 14.8 Å². The maximum Gasteiger partial charge on any atom is 0.260 e. The predicted molar refractivity (Wildman–Crippen MR) is 87.8 cm³/mol. The summed E-state index contributed by atoms with van der Waals surface area (Å²) < 4.78 is 29.9. The van der Waals surface area contributed by atoms with E-state index < -0.39 is 15.9 Å². The highest BCUT2D eigenvalue weighted by molar-refractivity contribution is 7.92. The first-order valence-electron chi connectivity index (χ1n) is 6.76. The van der Waals surface area contributed by atoms with E-state index in [1.165, 1.54) is 12.5 Å². The third kappa shape index (κ3) is 4.96. The quantitative estimate of drug-likeness (QED) is 0.640. The topological polar surface area (TPSA) is 92.0 Å². The standard InChI is InChI=1S/C15H17N3O4S/c1-12-5-3-6-13(9-12)18(23(2,20)21)11-15(19)17-16-10-14-7-4-8-22-14/h3-10H,11H2,1-2H3,(H,17,19)/b16-10-. The first-order chi connectivity index (χ1) is 10.9. The Bertz CT molecular complexity index is 798. The minimum atomic E-state index is -3.60. The Morgan fingerprint density at radius 2 is 2.13 bits per heavy atom. The first kappa shape index (κ1) is 16.8. The Morgan fingerprint density at radius 3 is 2.74 bits per heavy atom.